The topological polar surface area (TPSA) is 65.0 Å². The van der Waals surface area contributed by atoms with E-state index in [1.807, 2.05) is 0 Å². The van der Waals surface area contributed by atoms with Crippen LogP contribution < -0.4 is 5.11 Å². The first-order valence-electron chi connectivity index (χ1n) is 6.14. The Hall–Kier alpha value is -0.910. The predicted octanol–water partition coefficient (Wildman–Crippen LogP) is 0.439. The average molecular weight is 273 g/mol. The summed E-state index contributed by atoms with van der Waals surface area (Å²) >= 11 is 4.22. The third-order valence-corrected chi connectivity index (χ3v) is 3.07. The molecule has 1 fully saturated rings. The molecule has 0 radical (unpaired) electrons. The van der Waals surface area contributed by atoms with Crippen LogP contribution in [0.5, 0.6) is 0 Å². The standard InChI is InChI=1S/C12H22N2O3S/c1-12(2,3)17-11(16)13-7-10(15)14-6-4-5-9(14)8-18/h9,18H,4-8H2,1-3H3,(H,13,16)/p-1/t9-/m0/s1. The van der Waals surface area contributed by atoms with E-state index in [0.29, 0.717) is 5.75 Å². The number of amides is 1. The lowest BCUT2D eigenvalue weighted by atomic mass is 10.2. The fraction of sp³-hybridized carbons (Fsp3) is 0.833. The molecular weight excluding hydrogens is 252 g/mol. The molecule has 0 aromatic heterocycles. The van der Waals surface area contributed by atoms with Gasteiger partial charge in [-0.2, -0.15) is 12.6 Å². The highest BCUT2D eigenvalue weighted by Crippen LogP contribution is 2.18. The molecule has 0 aliphatic carbocycles. The normalized spacial score (nSPS) is 21.2. The van der Waals surface area contributed by atoms with Crippen molar-refractivity contribution in [3.63, 3.8) is 0 Å². The number of nitrogens with zero attached hydrogens (tertiary/aromatic N) is 2. The number of rotatable bonds is 3. The summed E-state index contributed by atoms with van der Waals surface area (Å²) < 4.78 is 5.01. The van der Waals surface area contributed by atoms with Gasteiger partial charge in [-0.25, -0.2) is 0 Å². The van der Waals surface area contributed by atoms with E-state index in [4.69, 9.17) is 4.74 Å². The minimum Gasteiger partial charge on any atom is -0.595 e. The minimum atomic E-state index is -0.683. The molecule has 0 spiro atoms. The van der Waals surface area contributed by atoms with Crippen molar-refractivity contribution in [3.8, 4) is 0 Å². The Kier molecular flexibility index (Phi) is 5.31. The lowest BCUT2D eigenvalue weighted by Crippen LogP contribution is -2.39. The van der Waals surface area contributed by atoms with E-state index in [2.05, 4.69) is 17.6 Å². The van der Waals surface area contributed by atoms with Crippen molar-refractivity contribution in [2.24, 2.45) is 4.99 Å². The second-order valence-electron chi connectivity index (χ2n) is 5.36. The molecular formula is C12H21N2O3S-. The molecule has 0 N–H and O–H groups in total. The van der Waals surface area contributed by atoms with Crippen molar-refractivity contribution >= 4 is 24.6 Å². The van der Waals surface area contributed by atoms with Gasteiger partial charge in [0.15, 0.2) is 0 Å². The number of ether oxygens (including phenoxy) is 1. The summed E-state index contributed by atoms with van der Waals surface area (Å²) in [4.78, 5) is 17.3. The highest BCUT2D eigenvalue weighted by molar-refractivity contribution is 7.80. The molecule has 18 heavy (non-hydrogen) atoms. The largest absolute Gasteiger partial charge is 0.595 e. The fourth-order valence-electron chi connectivity index (χ4n) is 1.87. The van der Waals surface area contributed by atoms with E-state index in [1.54, 1.807) is 25.7 Å². The zero-order valence-corrected chi connectivity index (χ0v) is 12.1. The van der Waals surface area contributed by atoms with Crippen LogP contribution in [0.25, 0.3) is 0 Å². The summed E-state index contributed by atoms with van der Waals surface area (Å²) in [6.45, 7) is 5.88. The van der Waals surface area contributed by atoms with Crippen LogP contribution in [0.2, 0.25) is 0 Å². The minimum absolute atomic E-state index is 0.127. The van der Waals surface area contributed by atoms with Crippen LogP contribution in [0, 0.1) is 0 Å². The van der Waals surface area contributed by atoms with Gasteiger partial charge in [-0.05, 0) is 12.8 Å². The lowest BCUT2D eigenvalue weighted by molar-refractivity contribution is -0.260. The van der Waals surface area contributed by atoms with Crippen molar-refractivity contribution in [1.82, 2.24) is 4.90 Å². The number of thiol groups is 1. The van der Waals surface area contributed by atoms with Crippen LogP contribution in [0.3, 0.4) is 0 Å². The molecule has 104 valence electrons. The number of likely N-dealkylation sites (tertiary alicyclic amines) is 1. The summed E-state index contributed by atoms with van der Waals surface area (Å²) in [7, 11) is 0. The number of hydrogen-bond acceptors (Lipinski definition) is 5. The Morgan fingerprint density at radius 1 is 1.56 bits per heavy atom. The maximum absolute atomic E-state index is 11.9. The molecule has 6 heteroatoms. The van der Waals surface area contributed by atoms with E-state index >= 15 is 0 Å². The quantitative estimate of drug-likeness (QED) is 0.461. The molecule has 1 aliphatic heterocycles. The molecule has 1 aliphatic rings. The third kappa shape index (κ3) is 4.76. The molecule has 1 amide bonds. The van der Waals surface area contributed by atoms with Crippen molar-refractivity contribution in [2.45, 2.75) is 45.3 Å². The lowest BCUT2D eigenvalue weighted by Gasteiger charge is -2.29. The van der Waals surface area contributed by atoms with Crippen molar-refractivity contribution < 1.29 is 14.6 Å². The smallest absolute Gasteiger partial charge is 0.244 e. The number of carbonyl (C=O) groups is 1. The van der Waals surface area contributed by atoms with Gasteiger partial charge in [0.05, 0.1) is 0 Å². The van der Waals surface area contributed by atoms with E-state index in [0.717, 1.165) is 19.4 Å². The van der Waals surface area contributed by atoms with Gasteiger partial charge in [0.1, 0.15) is 12.6 Å². The molecule has 0 aromatic carbocycles. The molecule has 0 aromatic rings. The summed E-state index contributed by atoms with van der Waals surface area (Å²) in [5, 5.41) is 11.4. The summed E-state index contributed by atoms with van der Waals surface area (Å²) in [5.74, 6) is 0.524. The van der Waals surface area contributed by atoms with Gasteiger partial charge >= 0.3 is 0 Å². The SMILES string of the molecule is CC(C)(C)OC([O-])=NCC(=O)N1CCC[C@H]1CS. The summed E-state index contributed by atoms with van der Waals surface area (Å²) in [6.07, 6.45) is 1.28. The van der Waals surface area contributed by atoms with Gasteiger partial charge in [0, 0.05) is 23.9 Å². The second-order valence-corrected chi connectivity index (χ2v) is 5.73. The maximum Gasteiger partial charge on any atom is 0.244 e. The molecule has 5 nitrogen and oxygen atoms in total. The summed E-state index contributed by atoms with van der Waals surface area (Å²) in [6, 6.07) is 0.176. The highest BCUT2D eigenvalue weighted by Gasteiger charge is 2.26. The molecule has 1 saturated heterocycles. The molecule has 1 rings (SSSR count). The Balaban J connectivity index is 2.47. The van der Waals surface area contributed by atoms with E-state index < -0.39 is 11.7 Å². The number of aliphatic imine (C=N–C) groups is 1. The van der Waals surface area contributed by atoms with E-state index in [-0.39, 0.29) is 18.5 Å². The average Bonchev–Trinajstić information content (AvgIpc) is 2.71. The van der Waals surface area contributed by atoms with Crippen LogP contribution in [0.15, 0.2) is 4.99 Å². The third-order valence-electron chi connectivity index (χ3n) is 2.65. The van der Waals surface area contributed by atoms with Crippen molar-refractivity contribution in [1.29, 1.82) is 0 Å². The van der Waals surface area contributed by atoms with Gasteiger partial charge in [-0.1, -0.05) is 20.8 Å². The maximum atomic E-state index is 11.9. The fourth-order valence-corrected chi connectivity index (χ4v) is 2.25. The van der Waals surface area contributed by atoms with Crippen LogP contribution in [-0.2, 0) is 9.53 Å². The first-order chi connectivity index (χ1) is 8.33. The number of carbonyl (C=O) groups excluding carboxylic acids is 1. The number of hydrogen-bond donors (Lipinski definition) is 1. The van der Waals surface area contributed by atoms with Crippen LogP contribution >= 0.6 is 12.6 Å². The van der Waals surface area contributed by atoms with Crippen molar-refractivity contribution in [2.75, 3.05) is 18.8 Å². The van der Waals surface area contributed by atoms with E-state index in [9.17, 15) is 9.90 Å². The zero-order valence-electron chi connectivity index (χ0n) is 11.2. The molecule has 0 saturated carbocycles. The van der Waals surface area contributed by atoms with Crippen LogP contribution in [-0.4, -0.2) is 47.4 Å². The first-order valence-corrected chi connectivity index (χ1v) is 6.77. The summed E-state index contributed by atoms with van der Waals surface area (Å²) in [5.41, 5.74) is -0.578. The van der Waals surface area contributed by atoms with E-state index in [1.165, 1.54) is 0 Å². The Labute approximate surface area is 114 Å². The van der Waals surface area contributed by atoms with Gasteiger partial charge in [-0.3, -0.25) is 9.79 Å². The first kappa shape index (κ1) is 15.1. The second kappa shape index (κ2) is 6.31. The van der Waals surface area contributed by atoms with Crippen LogP contribution in [0.1, 0.15) is 33.6 Å². The zero-order chi connectivity index (χ0) is 13.8. The predicted molar refractivity (Wildman–Crippen MR) is 71.7 cm³/mol. The van der Waals surface area contributed by atoms with Crippen LogP contribution in [0.4, 0.5) is 0 Å². The van der Waals surface area contributed by atoms with Gasteiger partial charge in [0.25, 0.3) is 0 Å². The Morgan fingerprint density at radius 3 is 2.78 bits per heavy atom. The molecule has 0 unspecified atom stereocenters. The monoisotopic (exact) mass is 273 g/mol. The molecule has 1 heterocycles. The Bertz CT molecular complexity index is 326. The van der Waals surface area contributed by atoms with Gasteiger partial charge in [0.2, 0.25) is 5.91 Å². The highest BCUT2D eigenvalue weighted by atomic mass is 32.1. The molecule has 0 bridgehead atoms. The Morgan fingerprint density at radius 2 is 2.22 bits per heavy atom. The van der Waals surface area contributed by atoms with Crippen molar-refractivity contribution in [3.05, 3.63) is 0 Å². The van der Waals surface area contributed by atoms with Gasteiger partial charge < -0.3 is 14.7 Å². The molecule has 1 atom stereocenters. The van der Waals surface area contributed by atoms with Gasteiger partial charge in [-0.15, -0.1) is 0 Å².